The van der Waals surface area contributed by atoms with E-state index >= 15 is 0 Å². The molecular weight excluding hydrogens is 538 g/mol. The highest BCUT2D eigenvalue weighted by Crippen LogP contribution is 2.26. The Bertz CT molecular complexity index is 1290. The smallest absolute Gasteiger partial charge is 0.255 e. The van der Waals surface area contributed by atoms with E-state index in [1.165, 1.54) is 6.92 Å². The van der Waals surface area contributed by atoms with Crippen LogP contribution in [0.2, 0.25) is 0 Å². The third-order valence-corrected chi connectivity index (χ3v) is 6.10. The zero-order valence-corrected chi connectivity index (χ0v) is 22.6. The van der Waals surface area contributed by atoms with Crippen molar-refractivity contribution in [1.29, 1.82) is 0 Å². The lowest BCUT2D eigenvalue weighted by Crippen LogP contribution is -2.24. The predicted octanol–water partition coefficient (Wildman–Crippen LogP) is 6.39. The van der Waals surface area contributed by atoms with Gasteiger partial charge in [-0.3, -0.25) is 9.59 Å². The number of benzene rings is 3. The molecule has 36 heavy (non-hydrogen) atoms. The number of nitrogens with one attached hydrogen (secondary N) is 5. The molecule has 0 spiro atoms. The van der Waals surface area contributed by atoms with Gasteiger partial charge in [-0.25, -0.2) is 0 Å². The molecule has 3 aromatic carbocycles. The monoisotopic (exact) mass is 565 g/mol. The third-order valence-electron chi connectivity index (χ3n) is 5.37. The normalized spacial score (nSPS) is 11.1. The van der Waals surface area contributed by atoms with Gasteiger partial charge in [-0.05, 0) is 78.8 Å². The van der Waals surface area contributed by atoms with Crippen LogP contribution in [0.5, 0.6) is 0 Å². The fourth-order valence-electron chi connectivity index (χ4n) is 3.54. The first-order valence-corrected chi connectivity index (χ1v) is 12.4. The molecule has 186 valence electrons. The molecule has 3 aromatic rings. The molecule has 2 amide bonds. The van der Waals surface area contributed by atoms with E-state index in [0.717, 1.165) is 27.0 Å². The van der Waals surface area contributed by atoms with Gasteiger partial charge in [0.25, 0.3) is 5.91 Å². The number of carbonyl (C=O) groups excluding carboxylic acids is 2. The molecule has 1 atom stereocenters. The van der Waals surface area contributed by atoms with Gasteiger partial charge in [-0.15, -0.1) is 0 Å². The Morgan fingerprint density at radius 2 is 1.64 bits per heavy atom. The van der Waals surface area contributed by atoms with Crippen LogP contribution in [0.1, 0.15) is 41.4 Å². The molecule has 0 aliphatic heterocycles. The van der Waals surface area contributed by atoms with E-state index in [1.807, 2.05) is 55.5 Å². The topological polar surface area (TPSA) is 94.3 Å². The van der Waals surface area contributed by atoms with Crippen molar-refractivity contribution in [2.24, 2.45) is 0 Å². The lowest BCUT2D eigenvalue weighted by atomic mass is 10.0. The van der Waals surface area contributed by atoms with Crippen molar-refractivity contribution in [3.05, 3.63) is 88.4 Å². The third kappa shape index (κ3) is 7.16. The van der Waals surface area contributed by atoms with Crippen molar-refractivity contribution in [3.63, 3.8) is 0 Å². The number of hydrogen-bond donors (Lipinski definition) is 5. The first kappa shape index (κ1) is 26.9. The van der Waals surface area contributed by atoms with Gasteiger partial charge < -0.3 is 26.6 Å². The molecular formula is C27H28BrN5O2S. The Kier molecular flexibility index (Phi) is 9.21. The molecule has 5 N–H and O–H groups in total. The number of thiocarbonyl (C=S) groups is 1. The van der Waals surface area contributed by atoms with Crippen LogP contribution in [0.4, 0.5) is 22.7 Å². The molecule has 1 unspecified atom stereocenters. The van der Waals surface area contributed by atoms with Gasteiger partial charge in [0, 0.05) is 35.4 Å². The van der Waals surface area contributed by atoms with Crippen molar-refractivity contribution >= 4 is 73.9 Å². The first-order valence-electron chi connectivity index (χ1n) is 11.2. The molecule has 9 heteroatoms. The Labute approximate surface area is 224 Å². The summed E-state index contributed by atoms with van der Waals surface area (Å²) in [5, 5.41) is 15.6. The maximum atomic E-state index is 12.8. The van der Waals surface area contributed by atoms with E-state index in [0.29, 0.717) is 22.1 Å². The van der Waals surface area contributed by atoms with E-state index < -0.39 is 0 Å². The average Bonchev–Trinajstić information content (AvgIpc) is 2.84. The molecule has 7 nitrogen and oxygen atoms in total. The molecule has 0 aromatic heterocycles. The van der Waals surface area contributed by atoms with Crippen LogP contribution in [0.3, 0.4) is 0 Å². The molecule has 0 saturated heterocycles. The van der Waals surface area contributed by atoms with Crippen molar-refractivity contribution in [3.8, 4) is 0 Å². The van der Waals surface area contributed by atoms with Gasteiger partial charge in [0.1, 0.15) is 0 Å². The zero-order valence-electron chi connectivity index (χ0n) is 20.2. The second kappa shape index (κ2) is 12.3. The van der Waals surface area contributed by atoms with E-state index in [2.05, 4.69) is 49.1 Å². The van der Waals surface area contributed by atoms with Gasteiger partial charge in [0.05, 0.1) is 17.4 Å². The van der Waals surface area contributed by atoms with Gasteiger partial charge in [0.2, 0.25) is 5.91 Å². The maximum Gasteiger partial charge on any atom is 0.255 e. The molecule has 0 heterocycles. The first-order chi connectivity index (χ1) is 17.2. The van der Waals surface area contributed by atoms with E-state index in [4.69, 9.17) is 12.2 Å². The Hall–Kier alpha value is -3.69. The lowest BCUT2D eigenvalue weighted by Gasteiger charge is -2.19. The summed E-state index contributed by atoms with van der Waals surface area (Å²) in [6, 6.07) is 18.3. The number of halogens is 1. The number of amides is 2. The highest BCUT2D eigenvalue weighted by molar-refractivity contribution is 9.10. The summed E-state index contributed by atoms with van der Waals surface area (Å²) in [6.45, 7) is 7.27. The molecule has 0 aliphatic rings. The summed E-state index contributed by atoms with van der Waals surface area (Å²) in [4.78, 5) is 24.3. The van der Waals surface area contributed by atoms with E-state index in [9.17, 15) is 9.59 Å². The lowest BCUT2D eigenvalue weighted by molar-refractivity contribution is -0.119. The maximum absolute atomic E-state index is 12.8. The van der Waals surface area contributed by atoms with Crippen molar-refractivity contribution < 1.29 is 9.59 Å². The summed E-state index contributed by atoms with van der Waals surface area (Å²) in [7, 11) is 1.79. The molecule has 0 saturated carbocycles. The second-order valence-corrected chi connectivity index (χ2v) is 9.35. The van der Waals surface area contributed by atoms with Crippen molar-refractivity contribution in [1.82, 2.24) is 5.32 Å². The fourth-order valence-corrected chi connectivity index (χ4v) is 4.02. The largest absolute Gasteiger partial charge is 0.386 e. The van der Waals surface area contributed by atoms with Gasteiger partial charge in [0.15, 0.2) is 5.11 Å². The SMILES string of the molecule is C=Cc1ccc(C(C)NC(C)=O)cc1NC(=S)Nc1cc(C(=O)Nc2ccc(Br)cc2)ccc1NC. The van der Waals surface area contributed by atoms with Crippen LogP contribution in [0, 0.1) is 0 Å². The average molecular weight is 567 g/mol. The molecule has 0 aliphatic carbocycles. The summed E-state index contributed by atoms with van der Waals surface area (Å²) >= 11 is 8.97. The molecule has 0 bridgehead atoms. The van der Waals surface area contributed by atoms with E-state index in [1.54, 1.807) is 25.3 Å². The quantitative estimate of drug-likeness (QED) is 0.203. The second-order valence-electron chi connectivity index (χ2n) is 8.02. The standard InChI is InChI=1S/C27H28BrN5O2S/c1-5-18-6-7-19(16(2)30-17(3)34)14-24(18)32-27(36)33-25-15-20(8-13-23(25)29-4)26(35)31-22-11-9-21(28)10-12-22/h5-16,29H,1H2,2-4H3,(H,30,34)(H,31,35)(H2,32,33,36). The van der Waals surface area contributed by atoms with Crippen molar-refractivity contribution in [2.45, 2.75) is 19.9 Å². The highest BCUT2D eigenvalue weighted by atomic mass is 79.9. The highest BCUT2D eigenvalue weighted by Gasteiger charge is 2.13. The Morgan fingerprint density at radius 3 is 2.28 bits per heavy atom. The van der Waals surface area contributed by atoms with Crippen LogP contribution < -0.4 is 26.6 Å². The predicted molar refractivity (Wildman–Crippen MR) is 157 cm³/mol. The van der Waals surface area contributed by atoms with Crippen molar-refractivity contribution in [2.75, 3.05) is 28.3 Å². The van der Waals surface area contributed by atoms with Gasteiger partial charge >= 0.3 is 0 Å². The summed E-state index contributed by atoms with van der Waals surface area (Å²) < 4.78 is 0.932. The van der Waals surface area contributed by atoms with Gasteiger partial charge in [-0.2, -0.15) is 0 Å². The van der Waals surface area contributed by atoms with E-state index in [-0.39, 0.29) is 17.9 Å². The molecule has 0 fully saturated rings. The minimum Gasteiger partial charge on any atom is -0.386 e. The number of anilines is 4. The summed E-state index contributed by atoms with van der Waals surface area (Å²) in [5.41, 5.74) is 5.10. The number of rotatable bonds is 8. The summed E-state index contributed by atoms with van der Waals surface area (Å²) in [5.74, 6) is -0.346. The number of carbonyl (C=O) groups is 2. The van der Waals surface area contributed by atoms with Crippen LogP contribution >= 0.6 is 28.1 Å². The van der Waals surface area contributed by atoms with Crippen LogP contribution in [-0.4, -0.2) is 24.0 Å². The Balaban J connectivity index is 1.79. The molecule has 3 rings (SSSR count). The molecule has 0 radical (unpaired) electrons. The van der Waals surface area contributed by atoms with Crippen LogP contribution in [-0.2, 0) is 4.79 Å². The Morgan fingerprint density at radius 1 is 0.944 bits per heavy atom. The fraction of sp³-hybridized carbons (Fsp3) is 0.148. The van der Waals surface area contributed by atoms with Crippen LogP contribution in [0.25, 0.3) is 6.08 Å². The minimum absolute atomic E-state index is 0.106. The summed E-state index contributed by atoms with van der Waals surface area (Å²) in [6.07, 6.45) is 1.73. The van der Waals surface area contributed by atoms with Crippen LogP contribution in [0.15, 0.2) is 71.7 Å². The van der Waals surface area contributed by atoms with Gasteiger partial charge in [-0.1, -0.05) is 40.7 Å². The zero-order chi connectivity index (χ0) is 26.2. The number of hydrogen-bond acceptors (Lipinski definition) is 4. The minimum atomic E-state index is -0.240.